The number of aliphatic carboxylic acids is 1. The van der Waals surface area contributed by atoms with Gasteiger partial charge in [0.1, 0.15) is 5.75 Å². The molecule has 4 nitrogen and oxygen atoms in total. The van der Waals surface area contributed by atoms with Gasteiger partial charge < -0.3 is 9.84 Å². The van der Waals surface area contributed by atoms with Gasteiger partial charge in [0.2, 0.25) is 0 Å². The minimum atomic E-state index is -0.659. The quantitative estimate of drug-likeness (QED) is 0.906. The van der Waals surface area contributed by atoms with Crippen molar-refractivity contribution in [1.82, 2.24) is 4.90 Å². The first-order chi connectivity index (χ1) is 9.10. The van der Waals surface area contributed by atoms with Gasteiger partial charge in [0.15, 0.2) is 0 Å². The van der Waals surface area contributed by atoms with Gasteiger partial charge in [-0.25, -0.2) is 0 Å². The van der Waals surface area contributed by atoms with Crippen LogP contribution < -0.4 is 4.74 Å². The summed E-state index contributed by atoms with van der Waals surface area (Å²) in [7, 11) is 1.67. The lowest BCUT2D eigenvalue weighted by molar-refractivity contribution is -0.144. The lowest BCUT2D eigenvalue weighted by Crippen LogP contribution is -2.42. The van der Waals surface area contributed by atoms with Crippen LogP contribution in [0.5, 0.6) is 5.75 Å². The molecule has 104 valence electrons. The molecule has 1 saturated heterocycles. The van der Waals surface area contributed by atoms with E-state index in [-0.39, 0.29) is 5.92 Å². The maximum absolute atomic E-state index is 11.0. The number of nitrogens with zero attached hydrogens (tertiary/aromatic N) is 1. The van der Waals surface area contributed by atoms with Crippen LogP contribution in [0.2, 0.25) is 0 Å². The maximum Gasteiger partial charge on any atom is 0.306 e. The van der Waals surface area contributed by atoms with Crippen LogP contribution in [0.3, 0.4) is 0 Å². The van der Waals surface area contributed by atoms with Crippen molar-refractivity contribution in [3.8, 4) is 5.75 Å². The summed E-state index contributed by atoms with van der Waals surface area (Å²) >= 11 is 0. The van der Waals surface area contributed by atoms with Crippen molar-refractivity contribution in [2.45, 2.75) is 32.4 Å². The van der Waals surface area contributed by atoms with Crippen molar-refractivity contribution in [3.63, 3.8) is 0 Å². The zero-order valence-corrected chi connectivity index (χ0v) is 11.5. The molecule has 2 rings (SSSR count). The third kappa shape index (κ3) is 3.47. The highest BCUT2D eigenvalue weighted by atomic mass is 16.5. The van der Waals surface area contributed by atoms with Crippen LogP contribution in [-0.2, 0) is 11.3 Å². The Balaban J connectivity index is 1.98. The number of ether oxygens (including phenoxy) is 1. The molecule has 0 aliphatic carbocycles. The van der Waals surface area contributed by atoms with Gasteiger partial charge in [0.05, 0.1) is 13.0 Å². The van der Waals surface area contributed by atoms with E-state index in [1.54, 1.807) is 7.11 Å². The molecular formula is C15H21NO3. The Kier molecular flexibility index (Phi) is 4.43. The Hall–Kier alpha value is -1.55. The van der Waals surface area contributed by atoms with Crippen molar-refractivity contribution in [1.29, 1.82) is 0 Å². The summed E-state index contributed by atoms with van der Waals surface area (Å²) in [5.41, 5.74) is 1.21. The Morgan fingerprint density at radius 1 is 1.53 bits per heavy atom. The highest BCUT2D eigenvalue weighted by molar-refractivity contribution is 5.70. The molecule has 1 N–H and O–H groups in total. The molecule has 1 aliphatic rings. The van der Waals surface area contributed by atoms with E-state index in [2.05, 4.69) is 17.9 Å². The number of benzene rings is 1. The van der Waals surface area contributed by atoms with Crippen LogP contribution in [0, 0.1) is 5.92 Å². The fourth-order valence-corrected chi connectivity index (χ4v) is 2.69. The summed E-state index contributed by atoms with van der Waals surface area (Å²) in [6, 6.07) is 8.35. The third-order valence-corrected chi connectivity index (χ3v) is 3.88. The normalized spacial score (nSPS) is 24.1. The van der Waals surface area contributed by atoms with Crippen molar-refractivity contribution in [2.75, 3.05) is 13.7 Å². The van der Waals surface area contributed by atoms with Crippen LogP contribution in [0.15, 0.2) is 24.3 Å². The van der Waals surface area contributed by atoms with Crippen LogP contribution >= 0.6 is 0 Å². The molecule has 1 aliphatic heterocycles. The molecule has 2 unspecified atom stereocenters. The molecule has 2 atom stereocenters. The largest absolute Gasteiger partial charge is 0.497 e. The van der Waals surface area contributed by atoms with Crippen molar-refractivity contribution < 1.29 is 14.6 Å². The predicted octanol–water partition coefficient (Wildman–Crippen LogP) is 2.38. The van der Waals surface area contributed by atoms with Crippen molar-refractivity contribution in [2.24, 2.45) is 5.92 Å². The SMILES string of the molecule is COc1cccc(CN2CCC(C(=O)O)CC2C)c1. The molecule has 1 fully saturated rings. The van der Waals surface area contributed by atoms with Crippen LogP contribution in [0.25, 0.3) is 0 Å². The van der Waals surface area contributed by atoms with Gasteiger partial charge in [-0.3, -0.25) is 9.69 Å². The molecule has 19 heavy (non-hydrogen) atoms. The average Bonchev–Trinajstić information content (AvgIpc) is 2.41. The lowest BCUT2D eigenvalue weighted by Gasteiger charge is -2.36. The summed E-state index contributed by atoms with van der Waals surface area (Å²) in [6.07, 6.45) is 1.48. The first-order valence-corrected chi connectivity index (χ1v) is 6.70. The summed E-state index contributed by atoms with van der Waals surface area (Å²) in [4.78, 5) is 13.4. The molecule has 0 radical (unpaired) electrons. The number of carbonyl (C=O) groups is 1. The van der Waals surface area contributed by atoms with E-state index in [0.717, 1.165) is 31.7 Å². The standard InChI is InChI=1S/C15H21NO3/c1-11-8-13(15(17)18)6-7-16(11)10-12-4-3-5-14(9-12)19-2/h3-5,9,11,13H,6-8,10H2,1-2H3,(H,17,18). The van der Waals surface area contributed by atoms with Crippen molar-refractivity contribution >= 4 is 5.97 Å². The van der Waals surface area contributed by atoms with Gasteiger partial charge in [-0.05, 0) is 44.0 Å². The Labute approximate surface area is 114 Å². The molecule has 0 bridgehead atoms. The Morgan fingerprint density at radius 3 is 2.95 bits per heavy atom. The summed E-state index contributed by atoms with van der Waals surface area (Å²) in [5, 5.41) is 9.07. The lowest BCUT2D eigenvalue weighted by atomic mass is 9.91. The van der Waals surface area contributed by atoms with Gasteiger partial charge in [-0.1, -0.05) is 12.1 Å². The summed E-state index contributed by atoms with van der Waals surface area (Å²) in [5.74, 6) is 0.0232. The molecule has 4 heteroatoms. The molecule has 0 amide bonds. The zero-order chi connectivity index (χ0) is 13.8. The first kappa shape index (κ1) is 13.9. The minimum absolute atomic E-state index is 0.184. The number of carboxylic acids is 1. The fourth-order valence-electron chi connectivity index (χ4n) is 2.69. The van der Waals surface area contributed by atoms with E-state index >= 15 is 0 Å². The Bertz CT molecular complexity index is 447. The van der Waals surface area contributed by atoms with E-state index in [0.29, 0.717) is 6.04 Å². The number of carboxylic acid groups (broad SMARTS) is 1. The van der Waals surface area contributed by atoms with E-state index in [1.165, 1.54) is 5.56 Å². The summed E-state index contributed by atoms with van der Waals surface area (Å²) in [6.45, 7) is 3.80. The number of piperidine rings is 1. The van der Waals surface area contributed by atoms with Crippen LogP contribution in [-0.4, -0.2) is 35.7 Å². The maximum atomic E-state index is 11.0. The fraction of sp³-hybridized carbons (Fsp3) is 0.533. The molecule has 0 saturated carbocycles. The Morgan fingerprint density at radius 2 is 2.32 bits per heavy atom. The second kappa shape index (κ2) is 6.06. The smallest absolute Gasteiger partial charge is 0.306 e. The van der Waals surface area contributed by atoms with Gasteiger partial charge in [-0.2, -0.15) is 0 Å². The number of hydrogen-bond donors (Lipinski definition) is 1. The topological polar surface area (TPSA) is 49.8 Å². The van der Waals surface area contributed by atoms with E-state index in [4.69, 9.17) is 9.84 Å². The molecule has 1 heterocycles. The predicted molar refractivity (Wildman–Crippen MR) is 73.2 cm³/mol. The first-order valence-electron chi connectivity index (χ1n) is 6.70. The highest BCUT2D eigenvalue weighted by Gasteiger charge is 2.29. The molecule has 0 aromatic heterocycles. The zero-order valence-electron chi connectivity index (χ0n) is 11.5. The molecular weight excluding hydrogens is 242 g/mol. The average molecular weight is 263 g/mol. The van der Waals surface area contributed by atoms with E-state index in [9.17, 15) is 4.79 Å². The molecule has 0 spiro atoms. The number of methoxy groups -OCH3 is 1. The van der Waals surface area contributed by atoms with Crippen LogP contribution in [0.1, 0.15) is 25.3 Å². The van der Waals surface area contributed by atoms with Crippen LogP contribution in [0.4, 0.5) is 0 Å². The number of rotatable bonds is 4. The van der Waals surface area contributed by atoms with E-state index < -0.39 is 5.97 Å². The minimum Gasteiger partial charge on any atom is -0.497 e. The van der Waals surface area contributed by atoms with Gasteiger partial charge in [0, 0.05) is 12.6 Å². The van der Waals surface area contributed by atoms with Gasteiger partial charge in [0.25, 0.3) is 0 Å². The van der Waals surface area contributed by atoms with Crippen molar-refractivity contribution in [3.05, 3.63) is 29.8 Å². The second-order valence-corrected chi connectivity index (χ2v) is 5.23. The number of hydrogen-bond acceptors (Lipinski definition) is 3. The van der Waals surface area contributed by atoms with Gasteiger partial charge >= 0.3 is 5.97 Å². The monoisotopic (exact) mass is 263 g/mol. The second-order valence-electron chi connectivity index (χ2n) is 5.23. The molecule has 1 aromatic carbocycles. The third-order valence-electron chi connectivity index (χ3n) is 3.88. The van der Waals surface area contributed by atoms with Gasteiger partial charge in [-0.15, -0.1) is 0 Å². The summed E-state index contributed by atoms with van der Waals surface area (Å²) < 4.78 is 5.22. The molecule has 1 aromatic rings. The van der Waals surface area contributed by atoms with E-state index in [1.807, 2.05) is 18.2 Å². The number of likely N-dealkylation sites (tertiary alicyclic amines) is 1. The highest BCUT2D eigenvalue weighted by Crippen LogP contribution is 2.25.